The molecular formula is C30H47NO3. The summed E-state index contributed by atoms with van der Waals surface area (Å²) in [5.74, 6) is 2.81. The maximum Gasteiger partial charge on any atom is 0.302 e. The summed E-state index contributed by atoms with van der Waals surface area (Å²) in [6.45, 7) is 15.8. The summed E-state index contributed by atoms with van der Waals surface area (Å²) in [4.78, 5) is 24.9. The van der Waals surface area contributed by atoms with Crippen LogP contribution in [0.1, 0.15) is 106 Å². The van der Waals surface area contributed by atoms with Crippen LogP contribution in [0.3, 0.4) is 0 Å². The molecule has 0 saturated heterocycles. The maximum absolute atomic E-state index is 13.1. The lowest BCUT2D eigenvalue weighted by atomic mass is 9.37. The lowest BCUT2D eigenvalue weighted by Crippen LogP contribution is -2.63. The minimum atomic E-state index is -0.383. The van der Waals surface area contributed by atoms with Crippen LogP contribution in [0.15, 0.2) is 11.1 Å². The monoisotopic (exact) mass is 469 g/mol. The molecule has 4 saturated carbocycles. The number of esters is 1. The number of ketones is 1. The van der Waals surface area contributed by atoms with Crippen molar-refractivity contribution in [2.45, 2.75) is 118 Å². The van der Waals surface area contributed by atoms with E-state index in [9.17, 15) is 9.59 Å². The molecule has 0 aromatic carbocycles. The van der Waals surface area contributed by atoms with Crippen molar-refractivity contribution in [2.75, 3.05) is 0 Å². The van der Waals surface area contributed by atoms with E-state index in [1.807, 2.05) is 0 Å². The minimum Gasteiger partial charge on any atom is -0.462 e. The standard InChI is InChI=1S/C30H47NO3/c1-17(2)25-21(33)16-30(31)15-10-20-19(26(25)30)8-9-23-28(20,6)13-11-22-27(4,5)24(34-18(3)32)12-14-29(22,23)7/h17,19-20,22-24H,8-16,31H2,1-7H3. The molecule has 0 spiro atoms. The van der Waals surface area contributed by atoms with Crippen molar-refractivity contribution < 1.29 is 14.3 Å². The number of carbonyl (C=O) groups is 2. The van der Waals surface area contributed by atoms with Crippen LogP contribution in [-0.4, -0.2) is 23.4 Å². The van der Waals surface area contributed by atoms with E-state index in [0.29, 0.717) is 41.3 Å². The van der Waals surface area contributed by atoms with Gasteiger partial charge >= 0.3 is 5.97 Å². The van der Waals surface area contributed by atoms with Crippen molar-refractivity contribution in [3.05, 3.63) is 11.1 Å². The summed E-state index contributed by atoms with van der Waals surface area (Å²) < 4.78 is 5.86. The summed E-state index contributed by atoms with van der Waals surface area (Å²) in [7, 11) is 0. The largest absolute Gasteiger partial charge is 0.462 e. The second kappa shape index (κ2) is 7.67. The van der Waals surface area contributed by atoms with Crippen LogP contribution >= 0.6 is 0 Å². The van der Waals surface area contributed by atoms with E-state index in [-0.39, 0.29) is 34.4 Å². The molecule has 4 fully saturated rings. The van der Waals surface area contributed by atoms with E-state index in [1.165, 1.54) is 31.3 Å². The molecular weight excluding hydrogens is 422 g/mol. The number of hydrogen-bond acceptors (Lipinski definition) is 4. The first-order valence-corrected chi connectivity index (χ1v) is 14.0. The smallest absolute Gasteiger partial charge is 0.302 e. The maximum atomic E-state index is 13.1. The predicted octanol–water partition coefficient (Wildman–Crippen LogP) is 6.22. The summed E-state index contributed by atoms with van der Waals surface area (Å²) in [6.07, 6.45) is 9.68. The van der Waals surface area contributed by atoms with Crippen molar-refractivity contribution in [1.29, 1.82) is 0 Å². The Morgan fingerprint density at radius 3 is 2.26 bits per heavy atom. The van der Waals surface area contributed by atoms with E-state index >= 15 is 0 Å². The molecule has 190 valence electrons. The first-order chi connectivity index (χ1) is 15.8. The molecule has 4 nitrogen and oxygen atoms in total. The first kappa shape index (κ1) is 24.5. The Hall–Kier alpha value is -1.16. The summed E-state index contributed by atoms with van der Waals surface area (Å²) >= 11 is 0. The zero-order chi connectivity index (χ0) is 24.8. The molecule has 5 aliphatic rings. The fourth-order valence-electron chi connectivity index (χ4n) is 10.7. The lowest BCUT2D eigenvalue weighted by Gasteiger charge is -2.68. The Balaban J connectivity index is 1.50. The first-order valence-electron chi connectivity index (χ1n) is 14.0. The Bertz CT molecular complexity index is 933. The third kappa shape index (κ3) is 3.19. The predicted molar refractivity (Wildman–Crippen MR) is 135 cm³/mol. The molecule has 0 radical (unpaired) electrons. The van der Waals surface area contributed by atoms with Crippen LogP contribution < -0.4 is 5.73 Å². The van der Waals surface area contributed by atoms with Crippen LogP contribution in [0.4, 0.5) is 0 Å². The number of ether oxygens (including phenoxy) is 1. The number of carbonyl (C=O) groups excluding carboxylic acids is 2. The average Bonchev–Trinajstić information content (AvgIpc) is 3.00. The van der Waals surface area contributed by atoms with Gasteiger partial charge in [-0.2, -0.15) is 0 Å². The highest BCUT2D eigenvalue weighted by Gasteiger charge is 2.66. The zero-order valence-electron chi connectivity index (χ0n) is 22.6. The summed E-state index contributed by atoms with van der Waals surface area (Å²) in [5, 5.41) is 0. The number of fused-ring (bicyclic) bond motifs is 7. The SMILES string of the molecule is CC(=O)OC1CCC2(C)C(CCC3(C)C4CCC5(N)CC(=O)C(C(C)C)=C5C4CCC32)C1(C)C. The van der Waals surface area contributed by atoms with Crippen molar-refractivity contribution in [2.24, 2.45) is 51.6 Å². The Kier molecular flexibility index (Phi) is 5.53. The highest BCUT2D eigenvalue weighted by Crippen LogP contribution is 2.72. The van der Waals surface area contributed by atoms with Gasteiger partial charge in [-0.25, -0.2) is 0 Å². The molecule has 5 rings (SSSR count). The minimum absolute atomic E-state index is 0.00103. The van der Waals surface area contributed by atoms with Crippen LogP contribution in [-0.2, 0) is 14.3 Å². The van der Waals surface area contributed by atoms with Gasteiger partial charge in [0.1, 0.15) is 6.10 Å². The number of allylic oxidation sites excluding steroid dienone is 1. The second-order valence-electron chi connectivity index (χ2n) is 14.2. The van der Waals surface area contributed by atoms with Gasteiger partial charge in [-0.05, 0) is 103 Å². The Morgan fingerprint density at radius 2 is 1.62 bits per heavy atom. The third-order valence-corrected chi connectivity index (χ3v) is 11.9. The fraction of sp³-hybridized carbons (Fsp3) is 0.867. The van der Waals surface area contributed by atoms with E-state index in [4.69, 9.17) is 10.5 Å². The van der Waals surface area contributed by atoms with Gasteiger partial charge in [-0.1, -0.05) is 41.5 Å². The highest BCUT2D eigenvalue weighted by atomic mass is 16.5. The molecule has 5 aliphatic carbocycles. The van der Waals surface area contributed by atoms with Crippen molar-refractivity contribution in [3.8, 4) is 0 Å². The number of nitrogens with two attached hydrogens (primary N) is 1. The summed E-state index contributed by atoms with van der Waals surface area (Å²) in [6, 6.07) is 0. The molecule has 0 amide bonds. The van der Waals surface area contributed by atoms with E-state index in [1.54, 1.807) is 6.92 Å². The Labute approximate surface area is 206 Å². The van der Waals surface area contributed by atoms with E-state index in [0.717, 1.165) is 31.3 Å². The average molecular weight is 470 g/mol. The molecule has 0 aliphatic heterocycles. The topological polar surface area (TPSA) is 69.4 Å². The van der Waals surface area contributed by atoms with Crippen molar-refractivity contribution >= 4 is 11.8 Å². The van der Waals surface area contributed by atoms with Gasteiger partial charge in [0.2, 0.25) is 0 Å². The molecule has 4 heteroatoms. The van der Waals surface area contributed by atoms with E-state index < -0.39 is 0 Å². The van der Waals surface area contributed by atoms with Crippen LogP contribution in [0.2, 0.25) is 0 Å². The fourth-order valence-corrected chi connectivity index (χ4v) is 10.7. The molecule has 34 heavy (non-hydrogen) atoms. The number of rotatable bonds is 2. The zero-order valence-corrected chi connectivity index (χ0v) is 22.6. The van der Waals surface area contributed by atoms with Gasteiger partial charge in [0.25, 0.3) is 0 Å². The van der Waals surface area contributed by atoms with Gasteiger partial charge < -0.3 is 10.5 Å². The van der Waals surface area contributed by atoms with Crippen molar-refractivity contribution in [3.63, 3.8) is 0 Å². The molecule has 0 aromatic rings. The quantitative estimate of drug-likeness (QED) is 0.487. The Morgan fingerprint density at radius 1 is 0.941 bits per heavy atom. The van der Waals surface area contributed by atoms with Crippen LogP contribution in [0.25, 0.3) is 0 Å². The van der Waals surface area contributed by atoms with Gasteiger partial charge in [0.05, 0.1) is 0 Å². The second-order valence-corrected chi connectivity index (χ2v) is 14.2. The normalized spacial score (nSPS) is 47.6. The highest BCUT2D eigenvalue weighted by molar-refractivity contribution is 6.01. The van der Waals surface area contributed by atoms with Gasteiger partial charge in [-0.3, -0.25) is 9.59 Å². The van der Waals surface area contributed by atoms with Crippen LogP contribution in [0, 0.1) is 45.8 Å². The molecule has 8 unspecified atom stereocenters. The molecule has 8 atom stereocenters. The molecule has 0 heterocycles. The number of Topliss-reactive ketones (excluding diaryl/α,β-unsaturated/α-hetero) is 1. The lowest BCUT2D eigenvalue weighted by molar-refractivity contribution is -0.211. The van der Waals surface area contributed by atoms with E-state index in [2.05, 4.69) is 41.5 Å². The van der Waals surface area contributed by atoms with Crippen LogP contribution in [0.5, 0.6) is 0 Å². The molecule has 0 aromatic heterocycles. The molecule has 0 bridgehead atoms. The third-order valence-electron chi connectivity index (χ3n) is 11.9. The van der Waals surface area contributed by atoms with Gasteiger partial charge in [-0.15, -0.1) is 0 Å². The number of hydrogen-bond donors (Lipinski definition) is 1. The molecule has 2 N–H and O–H groups in total. The van der Waals surface area contributed by atoms with Gasteiger partial charge in [0, 0.05) is 24.3 Å². The summed E-state index contributed by atoms with van der Waals surface area (Å²) in [5.41, 5.74) is 9.64. The van der Waals surface area contributed by atoms with Crippen molar-refractivity contribution in [1.82, 2.24) is 0 Å². The van der Waals surface area contributed by atoms with Gasteiger partial charge in [0.15, 0.2) is 5.78 Å².